The first kappa shape index (κ1) is 18.9. The van der Waals surface area contributed by atoms with Crippen molar-refractivity contribution < 1.29 is 19.0 Å². The molecule has 0 spiro atoms. The molecule has 150 valence electrons. The number of carbonyl (C=O) groups is 1. The van der Waals surface area contributed by atoms with Gasteiger partial charge in [-0.2, -0.15) is 0 Å². The molecule has 0 aliphatic heterocycles. The first-order chi connectivity index (χ1) is 13.8. The van der Waals surface area contributed by atoms with E-state index in [1.54, 1.807) is 26.5 Å². The van der Waals surface area contributed by atoms with E-state index in [1.807, 2.05) is 61.7 Å². The molecule has 29 heavy (non-hydrogen) atoms. The van der Waals surface area contributed by atoms with E-state index in [-0.39, 0.29) is 0 Å². The lowest BCUT2D eigenvalue weighted by atomic mass is 10.1. The fourth-order valence-electron chi connectivity index (χ4n) is 3.27. The maximum Gasteiger partial charge on any atom is 0.420 e. The van der Waals surface area contributed by atoms with Crippen LogP contribution in [0, 0.1) is 0 Å². The highest BCUT2D eigenvalue weighted by Crippen LogP contribution is 2.35. The van der Waals surface area contributed by atoms with Crippen LogP contribution in [0.5, 0.6) is 11.5 Å². The van der Waals surface area contributed by atoms with E-state index in [1.165, 1.54) is 4.57 Å². The minimum atomic E-state index is -0.618. The van der Waals surface area contributed by atoms with E-state index in [2.05, 4.69) is 0 Å². The van der Waals surface area contributed by atoms with Crippen molar-refractivity contribution in [2.24, 2.45) is 0 Å². The summed E-state index contributed by atoms with van der Waals surface area (Å²) in [4.78, 5) is 17.7. The second-order valence-corrected chi connectivity index (χ2v) is 7.71. The van der Waals surface area contributed by atoms with Crippen molar-refractivity contribution in [2.45, 2.75) is 26.4 Å². The zero-order valence-corrected chi connectivity index (χ0v) is 17.1. The molecule has 0 amide bonds. The van der Waals surface area contributed by atoms with E-state index >= 15 is 0 Å². The second kappa shape index (κ2) is 6.84. The first-order valence-corrected chi connectivity index (χ1v) is 9.25. The van der Waals surface area contributed by atoms with Gasteiger partial charge in [0.15, 0.2) is 5.65 Å². The van der Waals surface area contributed by atoms with Gasteiger partial charge in [-0.05, 0) is 50.6 Å². The molecule has 0 atom stereocenters. The van der Waals surface area contributed by atoms with Gasteiger partial charge in [0.1, 0.15) is 28.3 Å². The fourth-order valence-corrected chi connectivity index (χ4v) is 3.27. The van der Waals surface area contributed by atoms with Crippen LogP contribution < -0.4 is 9.47 Å². The Morgan fingerprint density at radius 1 is 1.03 bits per heavy atom. The number of hydrogen-bond donors (Lipinski definition) is 0. The standard InChI is InChI=1S/C22H23N3O4/c1-22(2,3)29-21(26)25-13-17(14-10-15(27-4)12-16(11-14)28-5)19-20(25)24-9-7-6-8-18(24)23-19/h6-13H,1-5H3. The van der Waals surface area contributed by atoms with Crippen molar-refractivity contribution in [2.75, 3.05) is 14.2 Å². The van der Waals surface area contributed by atoms with E-state index in [9.17, 15) is 4.79 Å². The average Bonchev–Trinajstić information content (AvgIpc) is 3.23. The van der Waals surface area contributed by atoms with Crippen molar-refractivity contribution >= 4 is 22.9 Å². The Morgan fingerprint density at radius 3 is 2.34 bits per heavy atom. The van der Waals surface area contributed by atoms with Crippen LogP contribution in [-0.2, 0) is 4.74 Å². The molecule has 0 unspecified atom stereocenters. The van der Waals surface area contributed by atoms with Crippen LogP contribution in [0.25, 0.3) is 27.9 Å². The van der Waals surface area contributed by atoms with Crippen molar-refractivity contribution in [1.29, 1.82) is 0 Å². The maximum atomic E-state index is 13.0. The maximum absolute atomic E-state index is 13.0. The first-order valence-electron chi connectivity index (χ1n) is 9.25. The number of nitrogens with zero attached hydrogens (tertiary/aromatic N) is 3. The molecule has 3 aromatic heterocycles. The highest BCUT2D eigenvalue weighted by atomic mass is 16.6. The van der Waals surface area contributed by atoms with Crippen LogP contribution >= 0.6 is 0 Å². The smallest absolute Gasteiger partial charge is 0.420 e. The van der Waals surface area contributed by atoms with Crippen molar-refractivity contribution in [1.82, 2.24) is 14.0 Å². The predicted octanol–water partition coefficient (Wildman–Crippen LogP) is 4.76. The summed E-state index contributed by atoms with van der Waals surface area (Å²) in [5, 5.41) is 0. The molecular formula is C22H23N3O4. The Labute approximate surface area is 168 Å². The van der Waals surface area contributed by atoms with Crippen LogP contribution in [0.2, 0.25) is 0 Å². The zero-order valence-electron chi connectivity index (χ0n) is 17.1. The second-order valence-electron chi connectivity index (χ2n) is 7.71. The topological polar surface area (TPSA) is 67.0 Å². The molecule has 0 aliphatic rings. The Kier molecular flexibility index (Phi) is 4.45. The van der Waals surface area contributed by atoms with E-state index < -0.39 is 11.7 Å². The highest BCUT2D eigenvalue weighted by Gasteiger charge is 2.24. The lowest BCUT2D eigenvalue weighted by Gasteiger charge is -2.19. The third-order valence-corrected chi connectivity index (χ3v) is 4.50. The predicted molar refractivity (Wildman–Crippen MR) is 111 cm³/mol. The van der Waals surface area contributed by atoms with Crippen LogP contribution in [0.15, 0.2) is 48.8 Å². The summed E-state index contributed by atoms with van der Waals surface area (Å²) in [5.74, 6) is 1.31. The number of carbonyl (C=O) groups excluding carboxylic acids is 1. The number of hydrogen-bond acceptors (Lipinski definition) is 5. The summed E-state index contributed by atoms with van der Waals surface area (Å²) >= 11 is 0. The lowest BCUT2D eigenvalue weighted by molar-refractivity contribution is 0.0543. The fraction of sp³-hybridized carbons (Fsp3) is 0.273. The van der Waals surface area contributed by atoms with Gasteiger partial charge < -0.3 is 14.2 Å². The third-order valence-electron chi connectivity index (χ3n) is 4.50. The average molecular weight is 393 g/mol. The highest BCUT2D eigenvalue weighted by molar-refractivity contribution is 5.99. The third kappa shape index (κ3) is 3.40. The lowest BCUT2D eigenvalue weighted by Crippen LogP contribution is -2.27. The molecule has 0 bridgehead atoms. The van der Waals surface area contributed by atoms with E-state index in [4.69, 9.17) is 19.2 Å². The Morgan fingerprint density at radius 2 is 1.72 bits per heavy atom. The van der Waals surface area contributed by atoms with Crippen molar-refractivity contribution in [3.05, 3.63) is 48.8 Å². The molecule has 0 aliphatic carbocycles. The number of fused-ring (bicyclic) bond motifs is 3. The van der Waals surface area contributed by atoms with Crippen LogP contribution in [0.4, 0.5) is 4.79 Å². The van der Waals surface area contributed by atoms with Gasteiger partial charge in [0.2, 0.25) is 0 Å². The van der Waals surface area contributed by atoms with Gasteiger partial charge in [0.25, 0.3) is 0 Å². The SMILES string of the molecule is COc1cc(OC)cc(-c2cn(C(=O)OC(C)(C)C)c3c2nc2ccccn23)c1. The minimum Gasteiger partial charge on any atom is -0.497 e. The zero-order chi connectivity index (χ0) is 20.8. The van der Waals surface area contributed by atoms with E-state index in [0.29, 0.717) is 22.7 Å². The van der Waals surface area contributed by atoms with E-state index in [0.717, 1.165) is 16.8 Å². The van der Waals surface area contributed by atoms with Crippen LogP contribution in [0.3, 0.4) is 0 Å². The van der Waals surface area contributed by atoms with Crippen molar-refractivity contribution in [3.63, 3.8) is 0 Å². The number of benzene rings is 1. The molecule has 0 fully saturated rings. The molecule has 4 aromatic rings. The van der Waals surface area contributed by atoms with Gasteiger partial charge in [-0.15, -0.1) is 0 Å². The van der Waals surface area contributed by atoms with Crippen LogP contribution in [0.1, 0.15) is 20.8 Å². The number of methoxy groups -OCH3 is 2. The number of imidazole rings is 1. The molecule has 7 nitrogen and oxygen atoms in total. The number of rotatable bonds is 3. The Balaban J connectivity index is 2.00. The van der Waals surface area contributed by atoms with Gasteiger partial charge in [0, 0.05) is 24.0 Å². The summed E-state index contributed by atoms with van der Waals surface area (Å²) in [7, 11) is 3.20. The van der Waals surface area contributed by atoms with Gasteiger partial charge >= 0.3 is 6.09 Å². The molecular weight excluding hydrogens is 370 g/mol. The number of pyridine rings is 1. The summed E-state index contributed by atoms with van der Waals surface area (Å²) in [6.45, 7) is 5.52. The summed E-state index contributed by atoms with van der Waals surface area (Å²) in [6.07, 6.45) is 3.16. The molecule has 3 heterocycles. The molecule has 4 rings (SSSR count). The number of aromatic nitrogens is 3. The molecule has 0 radical (unpaired) electrons. The van der Waals surface area contributed by atoms with Gasteiger partial charge in [-0.3, -0.25) is 4.40 Å². The van der Waals surface area contributed by atoms with Crippen molar-refractivity contribution in [3.8, 4) is 22.6 Å². The number of ether oxygens (including phenoxy) is 3. The van der Waals surface area contributed by atoms with Gasteiger partial charge in [-0.25, -0.2) is 14.3 Å². The normalized spacial score (nSPS) is 11.8. The molecule has 7 heteroatoms. The molecule has 0 saturated carbocycles. The Hall–Kier alpha value is -3.48. The quantitative estimate of drug-likeness (QED) is 0.502. The summed E-state index contributed by atoms with van der Waals surface area (Å²) in [5.41, 5.74) is 3.08. The summed E-state index contributed by atoms with van der Waals surface area (Å²) in [6, 6.07) is 11.3. The molecule has 0 N–H and O–H groups in total. The minimum absolute atomic E-state index is 0.464. The Bertz CT molecular complexity index is 1190. The summed E-state index contributed by atoms with van der Waals surface area (Å²) < 4.78 is 19.8. The van der Waals surface area contributed by atoms with Gasteiger partial charge in [0.05, 0.1) is 14.2 Å². The monoisotopic (exact) mass is 393 g/mol. The largest absolute Gasteiger partial charge is 0.497 e. The van der Waals surface area contributed by atoms with Gasteiger partial charge in [-0.1, -0.05) is 6.07 Å². The molecule has 0 saturated heterocycles. The van der Waals surface area contributed by atoms with Crippen LogP contribution in [-0.4, -0.2) is 39.9 Å². The molecule has 1 aromatic carbocycles.